The van der Waals surface area contributed by atoms with Crippen LogP contribution in [0.15, 0.2) is 37.1 Å². The molecule has 0 aromatic carbocycles. The van der Waals surface area contributed by atoms with Crippen LogP contribution >= 0.6 is 7.14 Å². The lowest BCUT2D eigenvalue weighted by molar-refractivity contribution is -0.0277. The van der Waals surface area contributed by atoms with Crippen LogP contribution in [0, 0.1) is 5.41 Å². The van der Waals surface area contributed by atoms with Gasteiger partial charge in [0.1, 0.15) is 23.7 Å². The molecule has 9 nitrogen and oxygen atoms in total. The van der Waals surface area contributed by atoms with Gasteiger partial charge < -0.3 is 9.30 Å². The third-order valence-electron chi connectivity index (χ3n) is 6.49. The van der Waals surface area contributed by atoms with Crippen molar-refractivity contribution in [1.29, 1.82) is 0 Å². The Labute approximate surface area is 186 Å². The van der Waals surface area contributed by atoms with Crippen LogP contribution in [-0.4, -0.2) is 56.3 Å². The topological polar surface area (TPSA) is 103 Å². The number of hydrogen-bond acceptors (Lipinski definition) is 7. The first kappa shape index (κ1) is 21.1. The minimum absolute atomic E-state index is 0.0589. The maximum Gasteiger partial charge on any atom is 0.416 e. The Balaban J connectivity index is 1.34. The molecule has 0 unspecified atom stereocenters. The molecule has 1 saturated heterocycles. The molecule has 10 heteroatoms. The van der Waals surface area contributed by atoms with Crippen molar-refractivity contribution in [3.63, 3.8) is 0 Å². The van der Waals surface area contributed by atoms with E-state index in [0.717, 1.165) is 43.1 Å². The fraction of sp³-hybridized carbons (Fsp3) is 0.500. The van der Waals surface area contributed by atoms with E-state index in [-0.39, 0.29) is 5.41 Å². The molecule has 3 aromatic rings. The van der Waals surface area contributed by atoms with E-state index >= 15 is 0 Å². The Hall–Kier alpha value is -2.80. The molecule has 1 amide bonds. The second-order valence-electron chi connectivity index (χ2n) is 9.82. The van der Waals surface area contributed by atoms with Gasteiger partial charge in [0.2, 0.25) is 0 Å². The van der Waals surface area contributed by atoms with Crippen molar-refractivity contribution in [2.75, 3.05) is 24.8 Å². The number of amides is 1. The SMILES string of the molecule is C[C@]1(Cn2cc3ccncc3n2)CCC[C@@]2(CN(c3cnc(P(C)(C)=O)cn3)C(=O)O2)C1. The number of aromatic nitrogens is 5. The number of pyridine rings is 1. The van der Waals surface area contributed by atoms with Gasteiger partial charge >= 0.3 is 6.09 Å². The summed E-state index contributed by atoms with van der Waals surface area (Å²) in [5, 5.41) is 5.74. The molecule has 5 rings (SSSR count). The maximum atomic E-state index is 12.8. The van der Waals surface area contributed by atoms with Crippen LogP contribution in [0.2, 0.25) is 0 Å². The average Bonchev–Trinajstić information content (AvgIpc) is 3.26. The van der Waals surface area contributed by atoms with Gasteiger partial charge in [-0.1, -0.05) is 6.92 Å². The Morgan fingerprint density at radius 3 is 2.75 bits per heavy atom. The first-order valence-electron chi connectivity index (χ1n) is 10.8. The molecule has 4 heterocycles. The third-order valence-corrected chi connectivity index (χ3v) is 7.82. The minimum Gasteiger partial charge on any atom is -0.441 e. The van der Waals surface area contributed by atoms with Crippen LogP contribution in [-0.2, 0) is 15.8 Å². The summed E-state index contributed by atoms with van der Waals surface area (Å²) in [6.45, 7) is 6.73. The monoisotopic (exact) mass is 454 g/mol. The summed E-state index contributed by atoms with van der Waals surface area (Å²) < 4.78 is 20.2. The molecular formula is C22H27N6O3P. The van der Waals surface area contributed by atoms with Gasteiger partial charge in [-0.2, -0.15) is 5.10 Å². The van der Waals surface area contributed by atoms with Gasteiger partial charge in [0.05, 0.1) is 25.1 Å². The molecule has 2 aliphatic rings. The van der Waals surface area contributed by atoms with Crippen LogP contribution in [0.3, 0.4) is 0 Å². The molecule has 1 saturated carbocycles. The van der Waals surface area contributed by atoms with Gasteiger partial charge in [-0.15, -0.1) is 0 Å². The van der Waals surface area contributed by atoms with E-state index in [2.05, 4.69) is 27.0 Å². The number of anilines is 1. The van der Waals surface area contributed by atoms with Crippen molar-refractivity contribution in [2.45, 2.75) is 44.8 Å². The number of carbonyl (C=O) groups is 1. The first-order chi connectivity index (χ1) is 15.1. The first-order valence-corrected chi connectivity index (χ1v) is 13.4. The summed E-state index contributed by atoms with van der Waals surface area (Å²) in [6.07, 6.45) is 11.8. The van der Waals surface area contributed by atoms with E-state index in [9.17, 15) is 9.36 Å². The maximum absolute atomic E-state index is 12.8. The molecule has 0 radical (unpaired) electrons. The van der Waals surface area contributed by atoms with Crippen molar-refractivity contribution in [2.24, 2.45) is 5.41 Å². The van der Waals surface area contributed by atoms with Crippen LogP contribution < -0.4 is 10.3 Å². The van der Waals surface area contributed by atoms with E-state index in [1.165, 1.54) is 12.4 Å². The molecule has 2 fully saturated rings. The molecule has 0 bridgehead atoms. The largest absolute Gasteiger partial charge is 0.441 e. The van der Waals surface area contributed by atoms with Crippen LogP contribution in [0.1, 0.15) is 32.6 Å². The standard InChI is InChI=1S/C22H27N6O3P/c1-21(14-27-12-16-5-8-23-9-17(16)26-27)6-4-7-22(13-21)15-28(20(29)31-22)18-10-25-19(11-24-18)32(2,3)30/h5,8-12H,4,6-7,13-15H2,1-3H3/t21-,22-/m0/s1. The lowest BCUT2D eigenvalue weighted by Gasteiger charge is -2.42. The lowest BCUT2D eigenvalue weighted by atomic mass is 9.68. The predicted molar refractivity (Wildman–Crippen MR) is 122 cm³/mol. The average molecular weight is 454 g/mol. The van der Waals surface area contributed by atoms with E-state index in [0.29, 0.717) is 17.8 Å². The highest BCUT2D eigenvalue weighted by atomic mass is 31.2. The fourth-order valence-electron chi connectivity index (χ4n) is 5.07. The Kier molecular flexibility index (Phi) is 4.85. The van der Waals surface area contributed by atoms with Crippen molar-refractivity contribution < 1.29 is 14.1 Å². The summed E-state index contributed by atoms with van der Waals surface area (Å²) in [6, 6.07) is 1.96. The number of hydrogen-bond donors (Lipinski definition) is 0. The highest BCUT2D eigenvalue weighted by Crippen LogP contribution is 2.47. The zero-order valence-corrected chi connectivity index (χ0v) is 19.5. The second-order valence-corrected chi connectivity index (χ2v) is 13.0. The van der Waals surface area contributed by atoms with Crippen molar-refractivity contribution in [3.8, 4) is 0 Å². The highest BCUT2D eigenvalue weighted by Gasteiger charge is 2.52. The van der Waals surface area contributed by atoms with Crippen molar-refractivity contribution in [3.05, 3.63) is 37.1 Å². The van der Waals surface area contributed by atoms with E-state index < -0.39 is 18.8 Å². The van der Waals surface area contributed by atoms with E-state index in [1.54, 1.807) is 30.6 Å². The summed E-state index contributed by atoms with van der Waals surface area (Å²) in [5.41, 5.74) is 0.723. The summed E-state index contributed by atoms with van der Waals surface area (Å²) in [7, 11) is -2.50. The van der Waals surface area contributed by atoms with Crippen molar-refractivity contribution in [1.82, 2.24) is 24.7 Å². The van der Waals surface area contributed by atoms with Crippen LogP contribution in [0.5, 0.6) is 0 Å². The molecule has 1 aliphatic carbocycles. The number of ether oxygens (including phenoxy) is 1. The van der Waals surface area contributed by atoms with E-state index in [1.807, 2.05) is 16.9 Å². The Morgan fingerprint density at radius 2 is 2.03 bits per heavy atom. The molecule has 3 aromatic heterocycles. The molecule has 1 aliphatic heterocycles. The van der Waals surface area contributed by atoms with Gasteiger partial charge in [0, 0.05) is 24.3 Å². The smallest absolute Gasteiger partial charge is 0.416 e. The quantitative estimate of drug-likeness (QED) is 0.556. The number of carbonyl (C=O) groups excluding carboxylic acids is 1. The zero-order valence-electron chi connectivity index (χ0n) is 18.6. The van der Waals surface area contributed by atoms with Gasteiger partial charge in [-0.3, -0.25) is 14.6 Å². The summed E-state index contributed by atoms with van der Waals surface area (Å²) in [4.78, 5) is 27.1. The highest BCUT2D eigenvalue weighted by molar-refractivity contribution is 7.69. The zero-order chi connectivity index (χ0) is 22.6. The Morgan fingerprint density at radius 1 is 1.19 bits per heavy atom. The molecule has 1 spiro atoms. The molecule has 0 N–H and O–H groups in total. The second kappa shape index (κ2) is 7.37. The van der Waals surface area contributed by atoms with Crippen LogP contribution in [0.4, 0.5) is 10.6 Å². The lowest BCUT2D eigenvalue weighted by Crippen LogP contribution is -2.45. The summed E-state index contributed by atoms with van der Waals surface area (Å²) in [5.74, 6) is 0.433. The molecule has 168 valence electrons. The number of fused-ring (bicyclic) bond motifs is 1. The van der Waals surface area contributed by atoms with Gasteiger partial charge in [-0.05, 0) is 50.5 Å². The van der Waals surface area contributed by atoms with Crippen molar-refractivity contribution >= 4 is 35.4 Å². The number of nitrogens with zero attached hydrogens (tertiary/aromatic N) is 6. The molecular weight excluding hydrogens is 427 g/mol. The van der Waals surface area contributed by atoms with Gasteiger partial charge in [-0.25, -0.2) is 14.8 Å². The third kappa shape index (κ3) is 3.90. The van der Waals surface area contributed by atoms with Gasteiger partial charge in [0.15, 0.2) is 5.82 Å². The minimum atomic E-state index is -2.50. The van der Waals surface area contributed by atoms with Gasteiger partial charge in [0.25, 0.3) is 0 Å². The Bertz CT molecular complexity index is 1190. The molecule has 2 atom stereocenters. The van der Waals surface area contributed by atoms with Crippen LogP contribution in [0.25, 0.3) is 10.9 Å². The fourth-order valence-corrected chi connectivity index (χ4v) is 5.74. The van der Waals surface area contributed by atoms with E-state index in [4.69, 9.17) is 4.74 Å². The normalized spacial score (nSPS) is 26.1. The molecule has 32 heavy (non-hydrogen) atoms. The summed E-state index contributed by atoms with van der Waals surface area (Å²) >= 11 is 0. The predicted octanol–water partition coefficient (Wildman–Crippen LogP) is 3.45. The number of rotatable bonds is 4.